The van der Waals surface area contributed by atoms with Crippen molar-refractivity contribution in [2.45, 2.75) is 26.7 Å². The van der Waals surface area contributed by atoms with E-state index in [1.165, 1.54) is 0 Å². The van der Waals surface area contributed by atoms with Crippen molar-refractivity contribution in [2.24, 2.45) is 0 Å². The number of hydrogen-bond acceptors (Lipinski definition) is 4. The molecule has 2 aromatic rings. The molecular weight excluding hydrogens is 368 g/mol. The number of hydrogen-bond donors (Lipinski definition) is 2. The number of benzene rings is 2. The summed E-state index contributed by atoms with van der Waals surface area (Å²) in [6.07, 6.45) is -0.173. The molecule has 0 aliphatic carbocycles. The summed E-state index contributed by atoms with van der Waals surface area (Å²) < 4.78 is 4.90. The topological polar surface area (TPSA) is 84.5 Å². The molecule has 0 saturated carbocycles. The number of amides is 2. The fourth-order valence-electron chi connectivity index (χ4n) is 2.24. The van der Waals surface area contributed by atoms with Crippen LogP contribution in [0.15, 0.2) is 42.5 Å². The molecule has 0 unspecified atom stereocenters. The first-order valence-electron chi connectivity index (χ1n) is 8.41. The van der Waals surface area contributed by atoms with Crippen LogP contribution >= 0.6 is 11.6 Å². The summed E-state index contributed by atoms with van der Waals surface area (Å²) in [7, 11) is 0. The van der Waals surface area contributed by atoms with E-state index in [1.54, 1.807) is 30.3 Å². The lowest BCUT2D eigenvalue weighted by Crippen LogP contribution is -2.21. The molecule has 142 valence electrons. The van der Waals surface area contributed by atoms with E-state index in [-0.39, 0.29) is 18.7 Å². The second-order valence-corrected chi connectivity index (χ2v) is 6.50. The minimum Gasteiger partial charge on any atom is -0.456 e. The minimum atomic E-state index is -0.619. The van der Waals surface area contributed by atoms with Crippen LogP contribution in [0.2, 0.25) is 5.02 Å². The third-order valence-electron chi connectivity index (χ3n) is 3.82. The molecule has 0 aliphatic heterocycles. The lowest BCUT2D eigenvalue weighted by Gasteiger charge is -2.09. The Kier molecular flexibility index (Phi) is 7.37. The number of anilines is 2. The van der Waals surface area contributed by atoms with E-state index in [9.17, 15) is 14.4 Å². The Morgan fingerprint density at radius 1 is 0.889 bits per heavy atom. The van der Waals surface area contributed by atoms with Crippen LogP contribution in [-0.2, 0) is 19.1 Å². The smallest absolute Gasteiger partial charge is 0.306 e. The van der Waals surface area contributed by atoms with Crippen molar-refractivity contribution in [1.29, 1.82) is 0 Å². The molecule has 0 aliphatic rings. The molecule has 2 N–H and O–H groups in total. The quantitative estimate of drug-likeness (QED) is 0.705. The first-order valence-corrected chi connectivity index (χ1v) is 8.79. The van der Waals surface area contributed by atoms with E-state index in [2.05, 4.69) is 10.6 Å². The van der Waals surface area contributed by atoms with Gasteiger partial charge in [-0.15, -0.1) is 0 Å². The Morgan fingerprint density at radius 2 is 1.59 bits per heavy atom. The highest BCUT2D eigenvalue weighted by atomic mass is 35.5. The van der Waals surface area contributed by atoms with Crippen LogP contribution in [0.3, 0.4) is 0 Å². The minimum absolute atomic E-state index is 0.0515. The molecule has 0 aromatic heterocycles. The highest BCUT2D eigenvalue weighted by Gasteiger charge is 2.11. The van der Waals surface area contributed by atoms with Crippen LogP contribution in [0.1, 0.15) is 24.0 Å². The van der Waals surface area contributed by atoms with Gasteiger partial charge in [-0.1, -0.05) is 23.7 Å². The maximum absolute atomic E-state index is 11.8. The van der Waals surface area contributed by atoms with Crippen molar-refractivity contribution >= 4 is 40.8 Å². The number of esters is 1. The Hall–Kier alpha value is -2.86. The summed E-state index contributed by atoms with van der Waals surface area (Å²) >= 11 is 5.84. The lowest BCUT2D eigenvalue weighted by molar-refractivity contribution is -0.147. The highest BCUT2D eigenvalue weighted by Crippen LogP contribution is 2.15. The molecule has 0 fully saturated rings. The van der Waals surface area contributed by atoms with Gasteiger partial charge in [0.25, 0.3) is 5.91 Å². The number of carbonyl (C=O) groups excluding carboxylic acids is 3. The van der Waals surface area contributed by atoms with Gasteiger partial charge in [-0.25, -0.2) is 0 Å². The van der Waals surface area contributed by atoms with Crippen molar-refractivity contribution in [3.05, 3.63) is 58.6 Å². The number of rotatable bonds is 7. The van der Waals surface area contributed by atoms with E-state index < -0.39 is 18.5 Å². The summed E-state index contributed by atoms with van der Waals surface area (Å²) in [6, 6.07) is 12.2. The van der Waals surface area contributed by atoms with Crippen LogP contribution in [0.5, 0.6) is 0 Å². The monoisotopic (exact) mass is 388 g/mol. The molecular formula is C20H21ClN2O4. The van der Waals surface area contributed by atoms with E-state index in [0.717, 1.165) is 11.1 Å². The van der Waals surface area contributed by atoms with Gasteiger partial charge in [0, 0.05) is 22.8 Å². The van der Waals surface area contributed by atoms with Crippen molar-refractivity contribution < 1.29 is 19.1 Å². The molecule has 2 rings (SSSR count). The number of nitrogens with one attached hydrogen (secondary N) is 2. The third kappa shape index (κ3) is 7.11. The normalized spacial score (nSPS) is 10.2. The van der Waals surface area contributed by atoms with E-state index in [0.29, 0.717) is 16.4 Å². The Balaban J connectivity index is 1.69. The molecule has 0 spiro atoms. The van der Waals surface area contributed by atoms with Crippen LogP contribution < -0.4 is 10.6 Å². The largest absolute Gasteiger partial charge is 0.456 e. The van der Waals surface area contributed by atoms with Crippen molar-refractivity contribution in [3.63, 3.8) is 0 Å². The molecule has 0 atom stereocenters. The highest BCUT2D eigenvalue weighted by molar-refractivity contribution is 6.30. The van der Waals surface area contributed by atoms with Crippen molar-refractivity contribution in [3.8, 4) is 0 Å². The average molecular weight is 389 g/mol. The lowest BCUT2D eigenvalue weighted by atomic mass is 10.1. The van der Waals surface area contributed by atoms with Gasteiger partial charge in [0.05, 0.1) is 6.42 Å². The van der Waals surface area contributed by atoms with Crippen LogP contribution in [0.4, 0.5) is 11.4 Å². The van der Waals surface area contributed by atoms with Crippen molar-refractivity contribution in [2.75, 3.05) is 17.2 Å². The third-order valence-corrected chi connectivity index (χ3v) is 4.05. The Labute approximate surface area is 162 Å². The molecule has 0 bridgehead atoms. The molecule has 2 aromatic carbocycles. The first kappa shape index (κ1) is 20.5. The number of carbonyl (C=O) groups is 3. The molecule has 0 radical (unpaired) electrons. The van der Waals surface area contributed by atoms with Gasteiger partial charge in [-0.05, 0) is 55.3 Å². The zero-order chi connectivity index (χ0) is 19.8. The SMILES string of the molecule is Cc1ccc(NC(=O)COC(=O)CCC(=O)Nc2cccc(Cl)c2)cc1C. The zero-order valence-corrected chi connectivity index (χ0v) is 15.9. The maximum atomic E-state index is 11.8. The van der Waals surface area contributed by atoms with E-state index >= 15 is 0 Å². The first-order chi connectivity index (χ1) is 12.8. The van der Waals surface area contributed by atoms with Crippen LogP contribution in [0, 0.1) is 13.8 Å². The van der Waals surface area contributed by atoms with Gasteiger partial charge in [0.2, 0.25) is 5.91 Å². The average Bonchev–Trinajstić information content (AvgIpc) is 2.61. The maximum Gasteiger partial charge on any atom is 0.306 e. The second-order valence-electron chi connectivity index (χ2n) is 6.07. The van der Waals surface area contributed by atoms with Gasteiger partial charge >= 0.3 is 5.97 Å². The fourth-order valence-corrected chi connectivity index (χ4v) is 2.43. The van der Waals surface area contributed by atoms with Gasteiger partial charge in [0.1, 0.15) is 0 Å². The molecule has 0 heterocycles. The Bertz CT molecular complexity index is 852. The van der Waals surface area contributed by atoms with Gasteiger partial charge in [-0.3, -0.25) is 14.4 Å². The summed E-state index contributed by atoms with van der Waals surface area (Å²) in [5.74, 6) is -1.39. The fraction of sp³-hybridized carbons (Fsp3) is 0.250. The van der Waals surface area contributed by atoms with Gasteiger partial charge in [0.15, 0.2) is 6.61 Å². The van der Waals surface area contributed by atoms with Gasteiger partial charge in [-0.2, -0.15) is 0 Å². The summed E-state index contributed by atoms with van der Waals surface area (Å²) in [5.41, 5.74) is 3.36. The number of halogens is 1. The van der Waals surface area contributed by atoms with Crippen molar-refractivity contribution in [1.82, 2.24) is 0 Å². The van der Waals surface area contributed by atoms with E-state index in [4.69, 9.17) is 16.3 Å². The predicted molar refractivity (Wildman–Crippen MR) is 105 cm³/mol. The van der Waals surface area contributed by atoms with Gasteiger partial charge < -0.3 is 15.4 Å². The summed E-state index contributed by atoms with van der Waals surface area (Å²) in [4.78, 5) is 35.4. The molecule has 0 saturated heterocycles. The standard InChI is InChI=1S/C20H21ClN2O4/c1-13-6-7-17(10-14(13)2)23-19(25)12-27-20(26)9-8-18(24)22-16-5-3-4-15(21)11-16/h3-7,10-11H,8-9,12H2,1-2H3,(H,22,24)(H,23,25). The van der Waals surface area contributed by atoms with E-state index in [1.807, 2.05) is 26.0 Å². The molecule has 27 heavy (non-hydrogen) atoms. The number of aryl methyl sites for hydroxylation is 2. The van der Waals surface area contributed by atoms with Crippen LogP contribution in [-0.4, -0.2) is 24.4 Å². The predicted octanol–water partition coefficient (Wildman–Crippen LogP) is 3.86. The molecule has 2 amide bonds. The molecule has 7 heteroatoms. The summed E-state index contributed by atoms with van der Waals surface area (Å²) in [5, 5.41) is 5.80. The Morgan fingerprint density at radius 3 is 2.30 bits per heavy atom. The number of ether oxygens (including phenoxy) is 1. The molecule has 6 nitrogen and oxygen atoms in total. The van der Waals surface area contributed by atoms with Crippen LogP contribution in [0.25, 0.3) is 0 Å². The second kappa shape index (κ2) is 9.73. The zero-order valence-electron chi connectivity index (χ0n) is 15.2. The summed E-state index contributed by atoms with van der Waals surface area (Å²) in [6.45, 7) is 3.52.